The highest BCUT2D eigenvalue weighted by Gasteiger charge is 2.31. The van der Waals surface area contributed by atoms with Gasteiger partial charge in [0.25, 0.3) is 0 Å². The zero-order valence-corrected chi connectivity index (χ0v) is 16.8. The molecule has 1 aromatic rings. The van der Waals surface area contributed by atoms with Crippen molar-refractivity contribution in [2.45, 2.75) is 38.9 Å². The highest BCUT2D eigenvalue weighted by molar-refractivity contribution is 5.80. The molecule has 3 unspecified atom stereocenters. The molecule has 0 bridgehead atoms. The topological polar surface area (TPSA) is 60.7 Å². The van der Waals surface area contributed by atoms with Gasteiger partial charge in [-0.15, -0.1) is 0 Å². The van der Waals surface area contributed by atoms with Crippen LogP contribution in [-0.2, 0) is 7.05 Å². The maximum atomic E-state index is 4.42. The predicted octanol–water partition coefficient (Wildman–Crippen LogP) is 0.917. The highest BCUT2D eigenvalue weighted by Crippen LogP contribution is 2.19. The van der Waals surface area contributed by atoms with Gasteiger partial charge in [0, 0.05) is 57.6 Å². The van der Waals surface area contributed by atoms with Gasteiger partial charge in [-0.1, -0.05) is 6.92 Å². The molecule has 1 fully saturated rings. The number of hydrogen-bond donors (Lipinski definition) is 2. The van der Waals surface area contributed by atoms with Crippen molar-refractivity contribution in [3.05, 3.63) is 18.0 Å². The maximum absolute atomic E-state index is 4.42. The molecule has 3 atom stereocenters. The lowest BCUT2D eigenvalue weighted by molar-refractivity contribution is 0.265. The summed E-state index contributed by atoms with van der Waals surface area (Å²) in [7, 11) is 7.97. The van der Waals surface area contributed by atoms with Crippen LogP contribution in [0.3, 0.4) is 0 Å². The number of likely N-dealkylation sites (N-methyl/N-ethyl adjacent to an activating group) is 1. The summed E-state index contributed by atoms with van der Waals surface area (Å²) in [4.78, 5) is 9.15. The van der Waals surface area contributed by atoms with Crippen LogP contribution in [0.15, 0.2) is 17.4 Å². The van der Waals surface area contributed by atoms with Gasteiger partial charge in [0.05, 0.1) is 12.2 Å². The van der Waals surface area contributed by atoms with Crippen LogP contribution in [0.1, 0.15) is 32.4 Å². The fourth-order valence-electron chi connectivity index (χ4n) is 3.39. The minimum atomic E-state index is 0.250. The van der Waals surface area contributed by atoms with E-state index in [1.54, 1.807) is 0 Å². The third kappa shape index (κ3) is 5.19. The van der Waals surface area contributed by atoms with Crippen molar-refractivity contribution in [1.29, 1.82) is 0 Å². The zero-order valence-electron chi connectivity index (χ0n) is 16.8. The average molecular weight is 350 g/mol. The van der Waals surface area contributed by atoms with E-state index >= 15 is 0 Å². The lowest BCUT2D eigenvalue weighted by Gasteiger charge is -2.26. The quantitative estimate of drug-likeness (QED) is 0.591. The number of aliphatic imine (C=N–C) groups is 1. The van der Waals surface area contributed by atoms with Crippen LogP contribution in [0, 0.1) is 5.92 Å². The average Bonchev–Trinajstić information content (AvgIpc) is 3.12. The van der Waals surface area contributed by atoms with Gasteiger partial charge in [0.15, 0.2) is 5.96 Å². The Balaban J connectivity index is 1.93. The molecule has 1 aliphatic rings. The standard InChI is InChI=1S/C18H35N7/c1-13(2)25-10-14(3)16(12-25)22-18(19-4)20-9-17(23(5)6)15-8-21-24(7)11-15/h8,11,13-14,16-17H,9-10,12H2,1-7H3,(H2,19,20,22). The van der Waals surface area contributed by atoms with Crippen LogP contribution in [0.5, 0.6) is 0 Å². The molecule has 0 radical (unpaired) electrons. The first kappa shape index (κ1) is 19.7. The van der Waals surface area contributed by atoms with E-state index in [0.717, 1.165) is 25.6 Å². The van der Waals surface area contributed by atoms with Crippen molar-refractivity contribution in [3.8, 4) is 0 Å². The first-order chi connectivity index (χ1) is 11.8. The van der Waals surface area contributed by atoms with Gasteiger partial charge in [0.2, 0.25) is 0 Å². The summed E-state index contributed by atoms with van der Waals surface area (Å²) in [5.74, 6) is 1.49. The number of rotatable bonds is 6. The summed E-state index contributed by atoms with van der Waals surface area (Å²) in [6.07, 6.45) is 4.00. The Bertz CT molecular complexity index is 564. The molecule has 1 aliphatic heterocycles. The Morgan fingerprint density at radius 3 is 2.60 bits per heavy atom. The summed E-state index contributed by atoms with van der Waals surface area (Å²) < 4.78 is 1.85. The minimum Gasteiger partial charge on any atom is -0.354 e. The van der Waals surface area contributed by atoms with Crippen LogP contribution >= 0.6 is 0 Å². The molecule has 0 amide bonds. The number of aryl methyl sites for hydroxylation is 1. The van der Waals surface area contributed by atoms with E-state index in [1.807, 2.05) is 25.0 Å². The van der Waals surface area contributed by atoms with Crippen LogP contribution in [-0.4, -0.2) is 78.4 Å². The number of aromatic nitrogens is 2. The Kier molecular flexibility index (Phi) is 6.84. The smallest absolute Gasteiger partial charge is 0.191 e. The Morgan fingerprint density at radius 2 is 2.12 bits per heavy atom. The van der Waals surface area contributed by atoms with E-state index in [9.17, 15) is 0 Å². The molecule has 2 rings (SSSR count). The normalized spacial score (nSPS) is 23.5. The predicted molar refractivity (Wildman–Crippen MR) is 104 cm³/mol. The molecular weight excluding hydrogens is 314 g/mol. The van der Waals surface area contributed by atoms with E-state index in [1.165, 1.54) is 5.56 Å². The van der Waals surface area contributed by atoms with Crippen LogP contribution in [0.4, 0.5) is 0 Å². The summed E-state index contributed by atoms with van der Waals surface area (Å²) in [5.41, 5.74) is 1.20. The molecule has 1 saturated heterocycles. The van der Waals surface area contributed by atoms with Crippen molar-refractivity contribution < 1.29 is 0 Å². The molecule has 0 aromatic carbocycles. The molecule has 1 aromatic heterocycles. The molecule has 0 spiro atoms. The van der Waals surface area contributed by atoms with Gasteiger partial charge in [-0.25, -0.2) is 0 Å². The van der Waals surface area contributed by atoms with Gasteiger partial charge < -0.3 is 15.5 Å². The number of nitrogens with zero attached hydrogens (tertiary/aromatic N) is 5. The number of guanidine groups is 1. The molecule has 7 heteroatoms. The van der Waals surface area contributed by atoms with E-state index in [0.29, 0.717) is 18.0 Å². The zero-order chi connectivity index (χ0) is 18.6. The summed E-state index contributed by atoms with van der Waals surface area (Å²) >= 11 is 0. The lowest BCUT2D eigenvalue weighted by Crippen LogP contribution is -2.48. The van der Waals surface area contributed by atoms with Gasteiger partial charge in [-0.3, -0.25) is 14.6 Å². The second kappa shape index (κ2) is 8.67. The number of likely N-dealkylation sites (tertiary alicyclic amines) is 1. The summed E-state index contributed by atoms with van der Waals surface area (Å²) in [5, 5.41) is 11.4. The maximum Gasteiger partial charge on any atom is 0.191 e. The SMILES string of the molecule is CN=C(NCC(c1cnn(C)c1)N(C)C)NC1CN(C(C)C)CC1C. The van der Waals surface area contributed by atoms with Gasteiger partial charge in [-0.05, 0) is 33.9 Å². The molecule has 7 nitrogen and oxygen atoms in total. The van der Waals surface area contributed by atoms with Crippen LogP contribution < -0.4 is 10.6 Å². The fourth-order valence-corrected chi connectivity index (χ4v) is 3.39. The molecular formula is C18H35N7. The van der Waals surface area contributed by atoms with Gasteiger partial charge in [-0.2, -0.15) is 5.10 Å². The number of nitrogens with one attached hydrogen (secondary N) is 2. The molecule has 0 aliphatic carbocycles. The second-order valence-corrected chi connectivity index (χ2v) is 7.66. The lowest BCUT2D eigenvalue weighted by atomic mass is 10.1. The largest absolute Gasteiger partial charge is 0.354 e. The van der Waals surface area contributed by atoms with E-state index < -0.39 is 0 Å². The Labute approximate surface area is 152 Å². The summed E-state index contributed by atoms with van der Waals surface area (Å²) in [6.45, 7) is 9.83. The number of hydrogen-bond acceptors (Lipinski definition) is 4. The van der Waals surface area contributed by atoms with Crippen LogP contribution in [0.2, 0.25) is 0 Å². The second-order valence-electron chi connectivity index (χ2n) is 7.66. The first-order valence-corrected chi connectivity index (χ1v) is 9.18. The third-order valence-electron chi connectivity index (χ3n) is 5.11. The Hall–Kier alpha value is -1.60. The van der Waals surface area contributed by atoms with Crippen LogP contribution in [0.25, 0.3) is 0 Å². The molecule has 2 heterocycles. The van der Waals surface area contributed by atoms with Gasteiger partial charge in [0.1, 0.15) is 0 Å². The van der Waals surface area contributed by atoms with Crippen molar-refractivity contribution in [1.82, 2.24) is 30.2 Å². The molecule has 142 valence electrons. The summed E-state index contributed by atoms with van der Waals surface area (Å²) in [6, 6.07) is 1.28. The van der Waals surface area contributed by atoms with E-state index in [2.05, 4.69) is 71.6 Å². The van der Waals surface area contributed by atoms with Crippen molar-refractivity contribution in [2.75, 3.05) is 40.8 Å². The monoisotopic (exact) mass is 349 g/mol. The first-order valence-electron chi connectivity index (χ1n) is 9.18. The van der Waals surface area contributed by atoms with E-state index in [4.69, 9.17) is 0 Å². The fraction of sp³-hybridized carbons (Fsp3) is 0.778. The molecule has 0 saturated carbocycles. The third-order valence-corrected chi connectivity index (χ3v) is 5.11. The van der Waals surface area contributed by atoms with Crippen molar-refractivity contribution in [3.63, 3.8) is 0 Å². The van der Waals surface area contributed by atoms with E-state index in [-0.39, 0.29) is 6.04 Å². The minimum absolute atomic E-state index is 0.250. The highest BCUT2D eigenvalue weighted by atomic mass is 15.3. The molecule has 25 heavy (non-hydrogen) atoms. The van der Waals surface area contributed by atoms with Crippen molar-refractivity contribution in [2.24, 2.45) is 18.0 Å². The Morgan fingerprint density at radius 1 is 1.40 bits per heavy atom. The molecule has 2 N–H and O–H groups in total. The van der Waals surface area contributed by atoms with Gasteiger partial charge >= 0.3 is 0 Å². The van der Waals surface area contributed by atoms with Crippen molar-refractivity contribution >= 4 is 5.96 Å².